The molecule has 3 aliphatic rings. The van der Waals surface area contributed by atoms with Crippen LogP contribution in [-0.2, 0) is 11.3 Å². The van der Waals surface area contributed by atoms with Crippen LogP contribution in [0.3, 0.4) is 0 Å². The Morgan fingerprint density at radius 2 is 1.68 bits per heavy atom. The number of rotatable bonds is 7. The molecule has 0 aromatic heterocycles. The number of fused-ring (bicyclic) bond motifs is 3. The number of benzene rings is 1. The Kier molecular flexibility index (Phi) is 5.67. The first kappa shape index (κ1) is 18.2. The number of amides is 1. The van der Waals surface area contributed by atoms with E-state index >= 15 is 0 Å². The molecule has 0 radical (unpaired) electrons. The molecule has 0 saturated heterocycles. The topological polar surface area (TPSA) is 49.8 Å². The van der Waals surface area contributed by atoms with Crippen molar-refractivity contribution in [2.24, 2.45) is 10.8 Å². The van der Waals surface area contributed by atoms with E-state index in [1.807, 2.05) is 35.2 Å². The van der Waals surface area contributed by atoms with Gasteiger partial charge in [0.2, 0.25) is 0 Å². The van der Waals surface area contributed by atoms with Crippen molar-refractivity contribution in [3.05, 3.63) is 35.9 Å². The first-order chi connectivity index (χ1) is 12.1. The molecule has 1 aromatic rings. The molecular weight excluding hydrogens is 314 g/mol. The summed E-state index contributed by atoms with van der Waals surface area (Å²) in [7, 11) is 0. The number of hydrogen-bond donors (Lipinski definition) is 1. The maximum absolute atomic E-state index is 12.6. The average molecular weight is 345 g/mol. The van der Waals surface area contributed by atoms with E-state index < -0.39 is 0 Å². The molecule has 1 N–H and O–H groups in total. The summed E-state index contributed by atoms with van der Waals surface area (Å²) >= 11 is 0. The Balaban J connectivity index is 1.58. The van der Waals surface area contributed by atoms with Gasteiger partial charge in [-0.05, 0) is 61.3 Å². The number of ether oxygens (including phenoxy) is 1. The summed E-state index contributed by atoms with van der Waals surface area (Å²) in [5.74, 6) is 0. The molecule has 3 saturated carbocycles. The lowest BCUT2D eigenvalue weighted by molar-refractivity contribution is -0.0553. The fourth-order valence-corrected chi connectivity index (χ4v) is 4.54. The minimum absolute atomic E-state index is 0.172. The summed E-state index contributed by atoms with van der Waals surface area (Å²) in [5.41, 5.74) is 1.43. The smallest absolute Gasteiger partial charge is 0.410 e. The third kappa shape index (κ3) is 4.17. The first-order valence-electron chi connectivity index (χ1n) is 9.67. The molecule has 0 atom stereocenters. The van der Waals surface area contributed by atoms with Gasteiger partial charge in [0.25, 0.3) is 0 Å². The molecule has 0 heterocycles. The van der Waals surface area contributed by atoms with Crippen molar-refractivity contribution in [2.75, 3.05) is 19.7 Å². The molecule has 2 bridgehead atoms. The van der Waals surface area contributed by atoms with Gasteiger partial charge in [0, 0.05) is 19.7 Å². The predicted octanol–water partition coefficient (Wildman–Crippen LogP) is 4.37. The number of nitrogens with zero attached hydrogens (tertiary/aromatic N) is 1. The van der Waals surface area contributed by atoms with Gasteiger partial charge in [-0.1, -0.05) is 37.3 Å². The molecule has 0 unspecified atom stereocenters. The second-order valence-corrected chi connectivity index (χ2v) is 8.12. The van der Waals surface area contributed by atoms with Crippen LogP contribution in [0, 0.1) is 10.8 Å². The molecule has 138 valence electrons. The van der Waals surface area contributed by atoms with Crippen molar-refractivity contribution < 1.29 is 14.6 Å². The SMILES string of the molecule is CCCN(CC12CCC(CO)(CC1)CC2)C(=O)OCc1ccccc1. The van der Waals surface area contributed by atoms with E-state index in [9.17, 15) is 9.90 Å². The zero-order chi connectivity index (χ0) is 17.8. The van der Waals surface area contributed by atoms with Gasteiger partial charge in [0.15, 0.2) is 0 Å². The molecule has 3 aliphatic carbocycles. The highest BCUT2D eigenvalue weighted by molar-refractivity contribution is 5.67. The van der Waals surface area contributed by atoms with Gasteiger partial charge in [-0.2, -0.15) is 0 Å². The Hall–Kier alpha value is -1.55. The first-order valence-corrected chi connectivity index (χ1v) is 9.67. The number of aliphatic hydroxyl groups excluding tert-OH is 1. The van der Waals surface area contributed by atoms with Crippen molar-refractivity contribution in [3.63, 3.8) is 0 Å². The molecular formula is C21H31NO3. The van der Waals surface area contributed by atoms with Gasteiger partial charge in [0.1, 0.15) is 6.61 Å². The van der Waals surface area contributed by atoms with Gasteiger partial charge in [-0.3, -0.25) is 0 Å². The van der Waals surface area contributed by atoms with Crippen LogP contribution in [0.2, 0.25) is 0 Å². The lowest BCUT2D eigenvalue weighted by Gasteiger charge is -2.54. The van der Waals surface area contributed by atoms with Gasteiger partial charge >= 0.3 is 6.09 Å². The second-order valence-electron chi connectivity index (χ2n) is 8.12. The van der Waals surface area contributed by atoms with Crippen molar-refractivity contribution in [2.45, 2.75) is 58.5 Å². The van der Waals surface area contributed by atoms with Crippen LogP contribution in [0.15, 0.2) is 30.3 Å². The Morgan fingerprint density at radius 1 is 1.08 bits per heavy atom. The Morgan fingerprint density at radius 3 is 2.24 bits per heavy atom. The summed E-state index contributed by atoms with van der Waals surface area (Å²) in [6, 6.07) is 9.85. The summed E-state index contributed by atoms with van der Waals surface area (Å²) in [5, 5.41) is 9.70. The van der Waals surface area contributed by atoms with E-state index in [2.05, 4.69) is 6.92 Å². The van der Waals surface area contributed by atoms with Gasteiger partial charge in [-0.25, -0.2) is 4.79 Å². The quantitative estimate of drug-likeness (QED) is 0.798. The number of hydrogen-bond acceptors (Lipinski definition) is 3. The fraction of sp³-hybridized carbons (Fsp3) is 0.667. The van der Waals surface area contributed by atoms with Crippen LogP contribution in [0.5, 0.6) is 0 Å². The molecule has 0 aliphatic heterocycles. The lowest BCUT2D eigenvalue weighted by Crippen LogP contribution is -2.50. The van der Waals surface area contributed by atoms with Crippen molar-refractivity contribution >= 4 is 6.09 Å². The number of aliphatic hydroxyl groups is 1. The number of carbonyl (C=O) groups excluding carboxylic acids is 1. The Bertz CT molecular complexity index is 547. The second kappa shape index (κ2) is 7.77. The van der Waals surface area contributed by atoms with Gasteiger partial charge < -0.3 is 14.7 Å². The summed E-state index contributed by atoms with van der Waals surface area (Å²) < 4.78 is 5.57. The van der Waals surface area contributed by atoms with Crippen molar-refractivity contribution in [3.8, 4) is 0 Å². The van der Waals surface area contributed by atoms with E-state index in [0.717, 1.165) is 63.6 Å². The van der Waals surface area contributed by atoms with Crippen LogP contribution < -0.4 is 0 Å². The predicted molar refractivity (Wildman–Crippen MR) is 98.1 cm³/mol. The maximum atomic E-state index is 12.6. The zero-order valence-electron chi connectivity index (χ0n) is 15.4. The minimum Gasteiger partial charge on any atom is -0.445 e. The van der Waals surface area contributed by atoms with Crippen LogP contribution in [0.4, 0.5) is 4.79 Å². The molecule has 0 spiro atoms. The van der Waals surface area contributed by atoms with E-state index in [0.29, 0.717) is 13.2 Å². The Labute approximate surface area is 151 Å². The van der Waals surface area contributed by atoms with E-state index in [-0.39, 0.29) is 16.9 Å². The fourth-order valence-electron chi connectivity index (χ4n) is 4.54. The van der Waals surface area contributed by atoms with E-state index in [1.165, 1.54) is 0 Å². The third-order valence-corrected chi connectivity index (χ3v) is 6.38. The van der Waals surface area contributed by atoms with Crippen LogP contribution in [-0.4, -0.2) is 35.8 Å². The highest BCUT2D eigenvalue weighted by atomic mass is 16.6. The van der Waals surface area contributed by atoms with Crippen LogP contribution >= 0.6 is 0 Å². The highest BCUT2D eigenvalue weighted by Crippen LogP contribution is 2.56. The molecule has 4 rings (SSSR count). The molecule has 1 aromatic carbocycles. The van der Waals surface area contributed by atoms with Crippen molar-refractivity contribution in [1.82, 2.24) is 4.90 Å². The molecule has 4 heteroatoms. The third-order valence-electron chi connectivity index (χ3n) is 6.38. The van der Waals surface area contributed by atoms with Crippen LogP contribution in [0.1, 0.15) is 57.4 Å². The highest BCUT2D eigenvalue weighted by Gasteiger charge is 2.49. The number of carbonyl (C=O) groups is 1. The standard InChI is InChI=1S/C21H31NO3/c1-2-14-22(19(24)25-15-18-6-4-3-5-7-18)16-20-8-11-21(17-23,12-9-20)13-10-20/h3-7,23H,2,8-17H2,1H3. The van der Waals surface area contributed by atoms with Gasteiger partial charge in [-0.15, -0.1) is 0 Å². The van der Waals surface area contributed by atoms with E-state index in [1.54, 1.807) is 0 Å². The molecule has 1 amide bonds. The van der Waals surface area contributed by atoms with Crippen LogP contribution in [0.25, 0.3) is 0 Å². The normalized spacial score (nSPS) is 27.9. The zero-order valence-corrected chi connectivity index (χ0v) is 15.4. The van der Waals surface area contributed by atoms with Gasteiger partial charge in [0.05, 0.1) is 0 Å². The summed E-state index contributed by atoms with van der Waals surface area (Å²) in [4.78, 5) is 14.6. The summed E-state index contributed by atoms with van der Waals surface area (Å²) in [6.07, 6.45) is 7.42. The average Bonchev–Trinajstić information content (AvgIpc) is 2.68. The molecule has 4 nitrogen and oxygen atoms in total. The van der Waals surface area contributed by atoms with E-state index in [4.69, 9.17) is 4.74 Å². The minimum atomic E-state index is -0.190. The maximum Gasteiger partial charge on any atom is 0.410 e. The summed E-state index contributed by atoms with van der Waals surface area (Å²) in [6.45, 7) is 4.31. The molecule has 3 fully saturated rings. The van der Waals surface area contributed by atoms with Crippen molar-refractivity contribution in [1.29, 1.82) is 0 Å². The molecule has 25 heavy (non-hydrogen) atoms. The monoisotopic (exact) mass is 345 g/mol. The lowest BCUT2D eigenvalue weighted by atomic mass is 9.54. The largest absolute Gasteiger partial charge is 0.445 e.